The number of nitrogens with zero attached hydrogens (tertiary/aromatic N) is 2. The van der Waals surface area contributed by atoms with Crippen LogP contribution in [0.3, 0.4) is 0 Å². The first kappa shape index (κ1) is 21.4. The molecule has 0 bridgehead atoms. The van der Waals surface area contributed by atoms with Crippen molar-refractivity contribution in [3.8, 4) is 0 Å². The Labute approximate surface area is 164 Å². The number of likely N-dealkylation sites (N-methyl/N-ethyl adjacent to an activating group) is 1. The zero-order valence-electron chi connectivity index (χ0n) is 17.3. The summed E-state index contributed by atoms with van der Waals surface area (Å²) in [4.78, 5) is 29.1. The molecule has 0 unspecified atom stereocenters. The molecule has 0 heterocycles. The molecule has 0 spiro atoms. The maximum atomic E-state index is 12.8. The van der Waals surface area contributed by atoms with Crippen LogP contribution in [0, 0.1) is 12.8 Å². The lowest BCUT2D eigenvalue weighted by Crippen LogP contribution is -2.46. The molecule has 150 valence electrons. The van der Waals surface area contributed by atoms with Gasteiger partial charge in [-0.1, -0.05) is 32.0 Å². The molecule has 0 radical (unpaired) electrons. The van der Waals surface area contributed by atoms with Crippen molar-refractivity contribution in [2.45, 2.75) is 58.9 Å². The standard InChI is InChI=1S/C22H35N3O2/c1-5-14-25(15-21(26)23-20-9-7-6-8-18(20)3)16-22(27)24(4)19-12-10-17(2)11-13-19/h6-9,17,19H,5,10-16H2,1-4H3,(H,23,26). The molecular weight excluding hydrogens is 338 g/mol. The predicted molar refractivity (Wildman–Crippen MR) is 111 cm³/mol. The second-order valence-electron chi connectivity index (χ2n) is 7.99. The lowest BCUT2D eigenvalue weighted by atomic mass is 9.87. The van der Waals surface area contributed by atoms with E-state index in [-0.39, 0.29) is 18.4 Å². The van der Waals surface area contributed by atoms with Crippen molar-refractivity contribution in [2.75, 3.05) is 32.0 Å². The molecule has 0 aromatic heterocycles. The molecular formula is C22H35N3O2. The maximum absolute atomic E-state index is 12.8. The summed E-state index contributed by atoms with van der Waals surface area (Å²) in [6, 6.07) is 8.09. The van der Waals surface area contributed by atoms with E-state index in [4.69, 9.17) is 0 Å². The zero-order valence-corrected chi connectivity index (χ0v) is 17.3. The summed E-state index contributed by atoms with van der Waals surface area (Å²) in [6.45, 7) is 7.61. The largest absolute Gasteiger partial charge is 0.342 e. The van der Waals surface area contributed by atoms with Crippen LogP contribution in [0.4, 0.5) is 5.69 Å². The van der Waals surface area contributed by atoms with Gasteiger partial charge in [-0.25, -0.2) is 0 Å². The van der Waals surface area contributed by atoms with Crippen LogP contribution >= 0.6 is 0 Å². The van der Waals surface area contributed by atoms with Crippen LogP contribution in [-0.2, 0) is 9.59 Å². The second kappa shape index (κ2) is 10.5. The molecule has 1 aliphatic rings. The number of anilines is 1. The van der Waals surface area contributed by atoms with Gasteiger partial charge in [0.05, 0.1) is 13.1 Å². The number of rotatable bonds is 8. The summed E-state index contributed by atoms with van der Waals surface area (Å²) >= 11 is 0. The van der Waals surface area contributed by atoms with Crippen molar-refractivity contribution in [3.63, 3.8) is 0 Å². The van der Waals surface area contributed by atoms with E-state index in [1.54, 1.807) is 0 Å². The number of para-hydroxylation sites is 1. The van der Waals surface area contributed by atoms with E-state index >= 15 is 0 Å². The summed E-state index contributed by atoms with van der Waals surface area (Å²) in [5, 5.41) is 2.96. The van der Waals surface area contributed by atoms with E-state index < -0.39 is 0 Å². The normalized spacial score (nSPS) is 19.7. The van der Waals surface area contributed by atoms with Crippen LogP contribution in [-0.4, -0.2) is 54.3 Å². The van der Waals surface area contributed by atoms with Crippen LogP contribution in [0.25, 0.3) is 0 Å². The molecule has 27 heavy (non-hydrogen) atoms. The lowest BCUT2D eigenvalue weighted by Gasteiger charge is -2.34. The highest BCUT2D eigenvalue weighted by atomic mass is 16.2. The molecule has 1 N–H and O–H groups in total. The predicted octanol–water partition coefficient (Wildman–Crippen LogP) is 3.68. The van der Waals surface area contributed by atoms with Gasteiger partial charge in [0.1, 0.15) is 0 Å². The summed E-state index contributed by atoms with van der Waals surface area (Å²) in [7, 11) is 1.92. The Bertz CT molecular complexity index is 624. The number of benzene rings is 1. The fourth-order valence-electron chi connectivity index (χ4n) is 3.77. The molecule has 2 amide bonds. The van der Waals surface area contributed by atoms with Crippen LogP contribution in [0.15, 0.2) is 24.3 Å². The Morgan fingerprint density at radius 3 is 2.41 bits per heavy atom. The minimum absolute atomic E-state index is 0.0697. The van der Waals surface area contributed by atoms with E-state index in [9.17, 15) is 9.59 Å². The van der Waals surface area contributed by atoms with E-state index in [0.29, 0.717) is 12.6 Å². The molecule has 1 saturated carbocycles. The van der Waals surface area contributed by atoms with Gasteiger partial charge in [-0.15, -0.1) is 0 Å². The topological polar surface area (TPSA) is 52.7 Å². The number of carbonyl (C=O) groups excluding carboxylic acids is 2. The van der Waals surface area contributed by atoms with Gasteiger partial charge in [0.2, 0.25) is 11.8 Å². The highest BCUT2D eigenvalue weighted by Crippen LogP contribution is 2.26. The van der Waals surface area contributed by atoms with Gasteiger partial charge in [-0.2, -0.15) is 0 Å². The average Bonchev–Trinajstić information content (AvgIpc) is 2.63. The van der Waals surface area contributed by atoms with Crippen molar-refractivity contribution >= 4 is 17.5 Å². The number of nitrogens with one attached hydrogen (secondary N) is 1. The lowest BCUT2D eigenvalue weighted by molar-refractivity contribution is -0.134. The van der Waals surface area contributed by atoms with Gasteiger partial charge in [0.25, 0.3) is 0 Å². The first-order valence-electron chi connectivity index (χ1n) is 10.2. The van der Waals surface area contributed by atoms with Gasteiger partial charge in [-0.3, -0.25) is 14.5 Å². The Hall–Kier alpha value is -1.88. The SMILES string of the molecule is CCCN(CC(=O)Nc1ccccc1C)CC(=O)N(C)C1CCC(C)CC1. The number of aryl methyl sites for hydroxylation is 1. The van der Waals surface area contributed by atoms with Crippen molar-refractivity contribution in [1.29, 1.82) is 0 Å². The number of hydrogen-bond donors (Lipinski definition) is 1. The van der Waals surface area contributed by atoms with Crippen LogP contribution < -0.4 is 5.32 Å². The fraction of sp³-hybridized carbons (Fsp3) is 0.636. The molecule has 0 atom stereocenters. The molecule has 0 saturated heterocycles. The third-order valence-corrected chi connectivity index (χ3v) is 5.61. The second-order valence-corrected chi connectivity index (χ2v) is 7.99. The summed E-state index contributed by atoms with van der Waals surface area (Å²) in [6.07, 6.45) is 5.48. The van der Waals surface area contributed by atoms with Gasteiger partial charge in [0, 0.05) is 18.8 Å². The zero-order chi connectivity index (χ0) is 19.8. The molecule has 5 heteroatoms. The molecule has 1 aromatic carbocycles. The van der Waals surface area contributed by atoms with Crippen LogP contribution in [0.5, 0.6) is 0 Å². The van der Waals surface area contributed by atoms with Gasteiger partial charge >= 0.3 is 0 Å². The average molecular weight is 374 g/mol. The molecule has 0 aliphatic heterocycles. The van der Waals surface area contributed by atoms with Crippen molar-refractivity contribution in [3.05, 3.63) is 29.8 Å². The first-order valence-corrected chi connectivity index (χ1v) is 10.2. The monoisotopic (exact) mass is 373 g/mol. The minimum Gasteiger partial charge on any atom is -0.342 e. The summed E-state index contributed by atoms with van der Waals surface area (Å²) < 4.78 is 0. The Morgan fingerprint density at radius 2 is 1.78 bits per heavy atom. The van der Waals surface area contributed by atoms with Gasteiger partial charge in [-0.05, 0) is 63.1 Å². The fourth-order valence-corrected chi connectivity index (χ4v) is 3.77. The number of hydrogen-bond acceptors (Lipinski definition) is 3. The van der Waals surface area contributed by atoms with Crippen LogP contribution in [0.2, 0.25) is 0 Å². The Balaban J connectivity index is 1.89. The van der Waals surface area contributed by atoms with Gasteiger partial charge < -0.3 is 10.2 Å². The number of carbonyl (C=O) groups is 2. The first-order chi connectivity index (χ1) is 12.9. The van der Waals surface area contributed by atoms with Gasteiger partial charge in [0.15, 0.2) is 0 Å². The molecule has 1 fully saturated rings. The highest BCUT2D eigenvalue weighted by molar-refractivity contribution is 5.93. The number of amides is 2. The molecule has 2 rings (SSSR count). The Kier molecular flexibility index (Phi) is 8.29. The van der Waals surface area contributed by atoms with Crippen molar-refractivity contribution < 1.29 is 9.59 Å². The van der Waals surface area contributed by atoms with Crippen LogP contribution in [0.1, 0.15) is 51.5 Å². The smallest absolute Gasteiger partial charge is 0.238 e. The van der Waals surface area contributed by atoms with E-state index in [2.05, 4.69) is 19.2 Å². The summed E-state index contributed by atoms with van der Waals surface area (Å²) in [5.41, 5.74) is 1.87. The van der Waals surface area contributed by atoms with E-state index in [0.717, 1.165) is 43.0 Å². The quantitative estimate of drug-likeness (QED) is 0.756. The molecule has 1 aliphatic carbocycles. The Morgan fingerprint density at radius 1 is 1.11 bits per heavy atom. The summed E-state index contributed by atoms with van der Waals surface area (Å²) in [5.74, 6) is 0.817. The molecule has 1 aromatic rings. The minimum atomic E-state index is -0.0697. The van der Waals surface area contributed by atoms with E-state index in [1.807, 2.05) is 48.0 Å². The van der Waals surface area contributed by atoms with E-state index in [1.165, 1.54) is 12.8 Å². The van der Waals surface area contributed by atoms with Crippen molar-refractivity contribution in [2.24, 2.45) is 5.92 Å². The third kappa shape index (κ3) is 6.65. The molecule has 5 nitrogen and oxygen atoms in total. The van der Waals surface area contributed by atoms with Crippen molar-refractivity contribution in [1.82, 2.24) is 9.80 Å². The third-order valence-electron chi connectivity index (χ3n) is 5.61. The highest BCUT2D eigenvalue weighted by Gasteiger charge is 2.26. The maximum Gasteiger partial charge on any atom is 0.238 e.